The zero-order chi connectivity index (χ0) is 16.4. The van der Waals surface area contributed by atoms with Crippen molar-refractivity contribution in [3.8, 4) is 5.75 Å². The van der Waals surface area contributed by atoms with E-state index >= 15 is 0 Å². The molecule has 1 aromatic heterocycles. The van der Waals surface area contributed by atoms with Crippen molar-refractivity contribution < 1.29 is 9.15 Å². The molecule has 4 rings (SSSR count). The topological polar surface area (TPSA) is 50.3 Å². The van der Waals surface area contributed by atoms with Crippen LogP contribution in [0.1, 0.15) is 0 Å². The second kappa shape index (κ2) is 6.41. The third kappa shape index (κ3) is 3.14. The van der Waals surface area contributed by atoms with Crippen LogP contribution >= 0.6 is 12.2 Å². The van der Waals surface area contributed by atoms with E-state index in [1.54, 1.807) is 6.07 Å². The lowest BCUT2D eigenvalue weighted by Crippen LogP contribution is -2.25. The number of ether oxygens (including phenoxy) is 1. The van der Waals surface area contributed by atoms with Gasteiger partial charge in [-0.3, -0.25) is 0 Å². The van der Waals surface area contributed by atoms with Crippen molar-refractivity contribution in [2.24, 2.45) is 10.3 Å². The number of para-hydroxylation sites is 1. The lowest BCUT2D eigenvalue weighted by Gasteiger charge is -2.14. The molecule has 0 fully saturated rings. The van der Waals surface area contributed by atoms with Crippen LogP contribution in [0.15, 0.2) is 75.4 Å². The van der Waals surface area contributed by atoms with Gasteiger partial charge in [-0.25, -0.2) is 5.01 Å². The highest BCUT2D eigenvalue weighted by Crippen LogP contribution is 2.23. The van der Waals surface area contributed by atoms with Gasteiger partial charge in [-0.2, -0.15) is 5.11 Å². The van der Waals surface area contributed by atoms with Crippen molar-refractivity contribution in [2.45, 2.75) is 6.04 Å². The first-order valence-electron chi connectivity index (χ1n) is 7.68. The van der Waals surface area contributed by atoms with Crippen LogP contribution in [0, 0.1) is 4.71 Å². The van der Waals surface area contributed by atoms with Crippen LogP contribution in [-0.2, 0) is 0 Å². The average Bonchev–Trinajstić information content (AvgIpc) is 3.09. The standard InChI is InChI=1S/C18H15N3O2S/c24-18-9-7-13-6-8-16(10-17(13)23-18)22-12-14-11-21(20-19-14)15-4-2-1-3-5-15/h1-10,14H,11-12H2. The largest absolute Gasteiger partial charge is 0.491 e. The molecule has 120 valence electrons. The molecule has 0 N–H and O–H groups in total. The van der Waals surface area contributed by atoms with E-state index in [2.05, 4.69) is 10.3 Å². The third-order valence-electron chi connectivity index (χ3n) is 3.80. The van der Waals surface area contributed by atoms with Gasteiger partial charge in [0.1, 0.15) is 24.0 Å². The van der Waals surface area contributed by atoms with Crippen molar-refractivity contribution in [1.29, 1.82) is 0 Å². The second-order valence-electron chi connectivity index (χ2n) is 5.54. The van der Waals surface area contributed by atoms with Crippen LogP contribution in [0.2, 0.25) is 0 Å². The summed E-state index contributed by atoms with van der Waals surface area (Å²) in [6.07, 6.45) is 0. The number of anilines is 1. The highest BCUT2D eigenvalue weighted by atomic mass is 32.1. The minimum Gasteiger partial charge on any atom is -0.491 e. The fraction of sp³-hybridized carbons (Fsp3) is 0.167. The van der Waals surface area contributed by atoms with Gasteiger partial charge in [-0.05, 0) is 48.6 Å². The van der Waals surface area contributed by atoms with Crippen molar-refractivity contribution >= 4 is 28.9 Å². The smallest absolute Gasteiger partial charge is 0.190 e. The molecule has 6 heteroatoms. The van der Waals surface area contributed by atoms with E-state index in [4.69, 9.17) is 21.4 Å². The fourth-order valence-corrected chi connectivity index (χ4v) is 2.73. The van der Waals surface area contributed by atoms with E-state index < -0.39 is 0 Å². The predicted molar refractivity (Wildman–Crippen MR) is 95.0 cm³/mol. The van der Waals surface area contributed by atoms with Gasteiger partial charge < -0.3 is 9.15 Å². The molecule has 2 aromatic carbocycles. The number of benzene rings is 2. The summed E-state index contributed by atoms with van der Waals surface area (Å²) < 4.78 is 11.8. The summed E-state index contributed by atoms with van der Waals surface area (Å²) in [5.41, 5.74) is 1.75. The number of nitrogens with zero attached hydrogens (tertiary/aromatic N) is 3. The molecule has 0 radical (unpaired) electrons. The summed E-state index contributed by atoms with van der Waals surface area (Å²) >= 11 is 5.05. The van der Waals surface area contributed by atoms with E-state index in [0.717, 1.165) is 22.4 Å². The molecule has 5 nitrogen and oxygen atoms in total. The van der Waals surface area contributed by atoms with Crippen LogP contribution in [0.3, 0.4) is 0 Å². The van der Waals surface area contributed by atoms with Crippen molar-refractivity contribution in [2.75, 3.05) is 18.2 Å². The number of fused-ring (bicyclic) bond motifs is 1. The molecule has 0 amide bonds. The van der Waals surface area contributed by atoms with Gasteiger partial charge in [0.25, 0.3) is 0 Å². The third-order valence-corrected chi connectivity index (χ3v) is 4.02. The van der Waals surface area contributed by atoms with Crippen LogP contribution in [0.5, 0.6) is 5.75 Å². The molecule has 0 spiro atoms. The van der Waals surface area contributed by atoms with Gasteiger partial charge in [-0.1, -0.05) is 23.4 Å². The van der Waals surface area contributed by atoms with Gasteiger partial charge in [0.15, 0.2) is 4.71 Å². The molecule has 0 saturated heterocycles. The van der Waals surface area contributed by atoms with E-state index in [9.17, 15) is 0 Å². The molecule has 3 aromatic rings. The molecule has 24 heavy (non-hydrogen) atoms. The van der Waals surface area contributed by atoms with E-state index in [1.807, 2.05) is 59.6 Å². The summed E-state index contributed by atoms with van der Waals surface area (Å²) in [5.74, 6) is 0.736. The Morgan fingerprint density at radius 2 is 1.96 bits per heavy atom. The molecular formula is C18H15N3O2S. The molecule has 1 unspecified atom stereocenters. The Kier molecular flexibility index (Phi) is 3.96. The average molecular weight is 337 g/mol. The van der Waals surface area contributed by atoms with Crippen LogP contribution < -0.4 is 9.75 Å². The van der Waals surface area contributed by atoms with Gasteiger partial charge in [0.2, 0.25) is 0 Å². The monoisotopic (exact) mass is 337 g/mol. The van der Waals surface area contributed by atoms with Crippen LogP contribution in [0.4, 0.5) is 5.69 Å². The Morgan fingerprint density at radius 1 is 1.12 bits per heavy atom. The second-order valence-corrected chi connectivity index (χ2v) is 5.94. The molecule has 0 bridgehead atoms. The molecular weight excluding hydrogens is 322 g/mol. The lowest BCUT2D eigenvalue weighted by atomic mass is 10.2. The highest BCUT2D eigenvalue weighted by Gasteiger charge is 2.21. The quantitative estimate of drug-likeness (QED) is 0.642. The van der Waals surface area contributed by atoms with Crippen LogP contribution in [-0.4, -0.2) is 19.2 Å². The van der Waals surface area contributed by atoms with Gasteiger partial charge in [0, 0.05) is 11.5 Å². The maximum absolute atomic E-state index is 5.85. The summed E-state index contributed by atoms with van der Waals surface area (Å²) in [6.45, 7) is 1.17. The summed E-state index contributed by atoms with van der Waals surface area (Å²) in [5, 5.41) is 11.4. The predicted octanol–water partition coefficient (Wildman–Crippen LogP) is 4.80. The van der Waals surface area contributed by atoms with E-state index in [0.29, 0.717) is 17.9 Å². The first kappa shape index (κ1) is 14.8. The normalized spacial score (nSPS) is 16.7. The van der Waals surface area contributed by atoms with Crippen molar-refractivity contribution in [3.63, 3.8) is 0 Å². The minimum absolute atomic E-state index is 0.00290. The summed E-state index contributed by atoms with van der Waals surface area (Å²) in [6, 6.07) is 19.4. The zero-order valence-electron chi connectivity index (χ0n) is 12.8. The number of hydrogen-bond acceptors (Lipinski definition) is 6. The SMILES string of the molecule is S=c1ccc2ccc(OCC3CN(c4ccccc4)N=N3)cc2o1. The Hall–Kier alpha value is -2.73. The Bertz CT molecular complexity index is 940. The molecule has 1 aliphatic rings. The zero-order valence-corrected chi connectivity index (χ0v) is 13.6. The first-order valence-corrected chi connectivity index (χ1v) is 8.09. The van der Waals surface area contributed by atoms with E-state index in [-0.39, 0.29) is 6.04 Å². The van der Waals surface area contributed by atoms with Gasteiger partial charge in [0.05, 0.1) is 12.2 Å². The molecule has 1 atom stereocenters. The van der Waals surface area contributed by atoms with Crippen molar-refractivity contribution in [1.82, 2.24) is 0 Å². The highest BCUT2D eigenvalue weighted by molar-refractivity contribution is 7.71. The Morgan fingerprint density at radius 3 is 2.83 bits per heavy atom. The Labute approximate surface area is 144 Å². The first-order chi connectivity index (χ1) is 11.8. The van der Waals surface area contributed by atoms with E-state index in [1.165, 1.54) is 0 Å². The maximum atomic E-state index is 5.85. The number of rotatable bonds is 4. The van der Waals surface area contributed by atoms with Gasteiger partial charge in [-0.15, -0.1) is 0 Å². The molecule has 1 aliphatic heterocycles. The lowest BCUT2D eigenvalue weighted by molar-refractivity contribution is 0.295. The van der Waals surface area contributed by atoms with Gasteiger partial charge >= 0.3 is 0 Å². The van der Waals surface area contributed by atoms with Crippen molar-refractivity contribution in [3.05, 3.63) is 65.4 Å². The van der Waals surface area contributed by atoms with Crippen LogP contribution in [0.25, 0.3) is 11.0 Å². The summed E-state index contributed by atoms with van der Waals surface area (Å²) in [7, 11) is 0. The number of hydrogen-bond donors (Lipinski definition) is 0. The Balaban J connectivity index is 1.41. The summed E-state index contributed by atoms with van der Waals surface area (Å²) in [4.78, 5) is 0. The molecule has 2 heterocycles. The molecule has 0 aliphatic carbocycles. The fourth-order valence-electron chi connectivity index (χ4n) is 2.57. The molecule has 0 saturated carbocycles. The maximum Gasteiger partial charge on any atom is 0.190 e. The minimum atomic E-state index is 0.00290.